The summed E-state index contributed by atoms with van der Waals surface area (Å²) in [5.74, 6) is 0.222. The lowest BCUT2D eigenvalue weighted by Gasteiger charge is -2.10. The molecule has 0 spiro atoms. The van der Waals surface area contributed by atoms with E-state index < -0.39 is 15.1 Å². The van der Waals surface area contributed by atoms with Gasteiger partial charge in [0.1, 0.15) is 0 Å². The highest BCUT2D eigenvalue weighted by molar-refractivity contribution is 7.92. The Kier molecular flexibility index (Phi) is 4.96. The van der Waals surface area contributed by atoms with Gasteiger partial charge in [-0.15, -0.1) is 0 Å². The van der Waals surface area contributed by atoms with Gasteiger partial charge in [-0.2, -0.15) is 0 Å². The number of hydrogen-bond donors (Lipinski definition) is 1. The van der Waals surface area contributed by atoms with Crippen molar-refractivity contribution in [3.8, 4) is 0 Å². The molecule has 0 saturated carbocycles. The van der Waals surface area contributed by atoms with Crippen LogP contribution in [0.2, 0.25) is 0 Å². The Morgan fingerprint density at radius 1 is 1.25 bits per heavy atom. The molecular weight excluding hydrogens is 222 g/mol. The standard InChI is InChI=1S/C12H19NO2S/c1-11(10-13)16(14,15)9-5-8-12-6-3-2-4-7-12/h2-4,6-7,11H,5,8-10,13H2,1H3. The third kappa shape index (κ3) is 3.94. The van der Waals surface area contributed by atoms with E-state index in [4.69, 9.17) is 5.73 Å². The van der Waals surface area contributed by atoms with Gasteiger partial charge in [-0.25, -0.2) is 8.42 Å². The number of rotatable bonds is 6. The van der Waals surface area contributed by atoms with Gasteiger partial charge in [0.05, 0.1) is 11.0 Å². The molecule has 1 atom stereocenters. The summed E-state index contributed by atoms with van der Waals surface area (Å²) in [6.45, 7) is 1.87. The van der Waals surface area contributed by atoms with Crippen molar-refractivity contribution in [3.63, 3.8) is 0 Å². The molecule has 3 nitrogen and oxygen atoms in total. The van der Waals surface area contributed by atoms with Gasteiger partial charge in [0.15, 0.2) is 9.84 Å². The third-order valence-corrected chi connectivity index (χ3v) is 4.96. The number of nitrogens with two attached hydrogens (primary N) is 1. The lowest BCUT2D eigenvalue weighted by atomic mass is 10.1. The molecule has 4 heteroatoms. The predicted octanol–water partition coefficient (Wildman–Crippen LogP) is 1.38. The van der Waals surface area contributed by atoms with Crippen molar-refractivity contribution >= 4 is 9.84 Å². The number of aryl methyl sites for hydroxylation is 1. The molecule has 1 aromatic carbocycles. The van der Waals surface area contributed by atoms with Crippen molar-refractivity contribution in [3.05, 3.63) is 35.9 Å². The van der Waals surface area contributed by atoms with Crippen molar-refractivity contribution < 1.29 is 8.42 Å². The zero-order valence-electron chi connectivity index (χ0n) is 9.59. The Morgan fingerprint density at radius 3 is 2.44 bits per heavy atom. The van der Waals surface area contributed by atoms with E-state index in [1.165, 1.54) is 5.56 Å². The molecule has 0 aromatic heterocycles. The fraction of sp³-hybridized carbons (Fsp3) is 0.500. The van der Waals surface area contributed by atoms with Crippen LogP contribution in [0.15, 0.2) is 30.3 Å². The van der Waals surface area contributed by atoms with Crippen molar-refractivity contribution in [2.45, 2.75) is 25.0 Å². The Morgan fingerprint density at radius 2 is 1.88 bits per heavy atom. The number of hydrogen-bond acceptors (Lipinski definition) is 3. The summed E-state index contributed by atoms with van der Waals surface area (Å²) in [7, 11) is -3.01. The first-order valence-corrected chi connectivity index (χ1v) is 7.23. The van der Waals surface area contributed by atoms with Crippen LogP contribution >= 0.6 is 0 Å². The SMILES string of the molecule is CC(CN)S(=O)(=O)CCCc1ccccc1. The Hall–Kier alpha value is -0.870. The van der Waals surface area contributed by atoms with Crippen molar-refractivity contribution in [2.75, 3.05) is 12.3 Å². The summed E-state index contributed by atoms with van der Waals surface area (Å²) in [5, 5.41) is -0.428. The molecule has 2 N–H and O–H groups in total. The zero-order chi connectivity index (χ0) is 12.0. The van der Waals surface area contributed by atoms with Gasteiger partial charge in [-0.3, -0.25) is 0 Å². The molecule has 0 amide bonds. The zero-order valence-corrected chi connectivity index (χ0v) is 10.4. The number of benzene rings is 1. The summed E-state index contributed by atoms with van der Waals surface area (Å²) >= 11 is 0. The Bertz CT molecular complexity index is 400. The van der Waals surface area contributed by atoms with Crippen LogP contribution in [0.4, 0.5) is 0 Å². The van der Waals surface area contributed by atoms with E-state index in [9.17, 15) is 8.42 Å². The van der Waals surface area contributed by atoms with Crippen LogP contribution in [0.5, 0.6) is 0 Å². The molecule has 1 rings (SSSR count). The highest BCUT2D eigenvalue weighted by Gasteiger charge is 2.18. The second-order valence-electron chi connectivity index (χ2n) is 4.00. The first-order chi connectivity index (χ1) is 7.56. The van der Waals surface area contributed by atoms with E-state index in [1.807, 2.05) is 30.3 Å². The smallest absolute Gasteiger partial charge is 0.154 e. The minimum absolute atomic E-state index is 0.202. The van der Waals surface area contributed by atoms with Gasteiger partial charge in [0.2, 0.25) is 0 Å². The summed E-state index contributed by atoms with van der Waals surface area (Å²) < 4.78 is 23.3. The van der Waals surface area contributed by atoms with E-state index in [-0.39, 0.29) is 12.3 Å². The largest absolute Gasteiger partial charge is 0.329 e. The van der Waals surface area contributed by atoms with E-state index >= 15 is 0 Å². The van der Waals surface area contributed by atoms with Crippen LogP contribution in [-0.4, -0.2) is 26.0 Å². The molecule has 0 aliphatic heterocycles. The maximum absolute atomic E-state index is 11.7. The minimum Gasteiger partial charge on any atom is -0.329 e. The fourth-order valence-corrected chi connectivity index (χ4v) is 2.71. The van der Waals surface area contributed by atoms with Crippen LogP contribution in [0.1, 0.15) is 18.9 Å². The lowest BCUT2D eigenvalue weighted by Crippen LogP contribution is -2.28. The van der Waals surface area contributed by atoms with Gasteiger partial charge in [-0.1, -0.05) is 30.3 Å². The normalized spacial score (nSPS) is 13.6. The first kappa shape index (κ1) is 13.2. The Balaban J connectivity index is 2.42. The maximum Gasteiger partial charge on any atom is 0.154 e. The van der Waals surface area contributed by atoms with Crippen LogP contribution in [-0.2, 0) is 16.3 Å². The number of sulfone groups is 1. The molecule has 0 heterocycles. The van der Waals surface area contributed by atoms with Crippen molar-refractivity contribution in [1.82, 2.24) is 0 Å². The van der Waals surface area contributed by atoms with E-state index in [0.29, 0.717) is 6.42 Å². The van der Waals surface area contributed by atoms with E-state index in [2.05, 4.69) is 0 Å². The Labute approximate surface area is 97.6 Å². The predicted molar refractivity (Wildman–Crippen MR) is 67.1 cm³/mol. The highest BCUT2D eigenvalue weighted by atomic mass is 32.2. The van der Waals surface area contributed by atoms with Gasteiger partial charge >= 0.3 is 0 Å². The molecule has 0 saturated heterocycles. The van der Waals surface area contributed by atoms with Crippen molar-refractivity contribution in [1.29, 1.82) is 0 Å². The summed E-state index contributed by atoms with van der Waals surface area (Å²) in [4.78, 5) is 0. The molecular formula is C12H19NO2S. The molecule has 0 bridgehead atoms. The molecule has 0 fully saturated rings. The van der Waals surface area contributed by atoms with E-state index in [1.54, 1.807) is 6.92 Å². The third-order valence-electron chi connectivity index (χ3n) is 2.68. The second-order valence-corrected chi connectivity index (χ2v) is 6.54. The van der Waals surface area contributed by atoms with Gasteiger partial charge in [0.25, 0.3) is 0 Å². The average Bonchev–Trinajstić information content (AvgIpc) is 2.29. The van der Waals surface area contributed by atoms with Crippen LogP contribution < -0.4 is 5.73 Å². The molecule has 0 aliphatic carbocycles. The molecule has 1 unspecified atom stereocenters. The summed E-state index contributed by atoms with van der Waals surface area (Å²) in [6, 6.07) is 9.91. The quantitative estimate of drug-likeness (QED) is 0.818. The monoisotopic (exact) mass is 241 g/mol. The van der Waals surface area contributed by atoms with Crippen molar-refractivity contribution in [2.24, 2.45) is 5.73 Å². The topological polar surface area (TPSA) is 60.2 Å². The van der Waals surface area contributed by atoms with Gasteiger partial charge in [0, 0.05) is 6.54 Å². The van der Waals surface area contributed by atoms with Gasteiger partial charge < -0.3 is 5.73 Å². The van der Waals surface area contributed by atoms with E-state index in [0.717, 1.165) is 6.42 Å². The maximum atomic E-state index is 11.7. The molecule has 0 aliphatic rings. The van der Waals surface area contributed by atoms with Crippen LogP contribution in [0.3, 0.4) is 0 Å². The average molecular weight is 241 g/mol. The lowest BCUT2D eigenvalue weighted by molar-refractivity contribution is 0.581. The van der Waals surface area contributed by atoms with Crippen LogP contribution in [0.25, 0.3) is 0 Å². The molecule has 1 aromatic rings. The molecule has 0 radical (unpaired) electrons. The summed E-state index contributed by atoms with van der Waals surface area (Å²) in [5.41, 5.74) is 6.54. The highest BCUT2D eigenvalue weighted by Crippen LogP contribution is 2.07. The first-order valence-electron chi connectivity index (χ1n) is 5.52. The fourth-order valence-electron chi connectivity index (χ4n) is 1.47. The van der Waals surface area contributed by atoms with Crippen LogP contribution in [0, 0.1) is 0 Å². The minimum atomic E-state index is -3.01. The second kappa shape index (κ2) is 6.01. The molecule has 90 valence electrons. The van der Waals surface area contributed by atoms with Gasteiger partial charge in [-0.05, 0) is 25.3 Å². The molecule has 16 heavy (non-hydrogen) atoms. The summed E-state index contributed by atoms with van der Waals surface area (Å²) in [6.07, 6.45) is 1.47.